The van der Waals surface area contributed by atoms with Crippen LogP contribution in [0.15, 0.2) is 33.7 Å². The summed E-state index contributed by atoms with van der Waals surface area (Å²) in [6.45, 7) is 1.98. The summed E-state index contributed by atoms with van der Waals surface area (Å²) < 4.78 is 5.33. The molecule has 1 aliphatic rings. The molecule has 3 rings (SSSR count). The molecule has 4 nitrogen and oxygen atoms in total. The molecule has 1 aliphatic heterocycles. The van der Waals surface area contributed by atoms with Crippen LogP contribution in [0.3, 0.4) is 0 Å². The minimum absolute atomic E-state index is 0.397. The van der Waals surface area contributed by atoms with Crippen LogP contribution in [-0.2, 0) is 6.54 Å². The monoisotopic (exact) mass is 306 g/mol. The summed E-state index contributed by atoms with van der Waals surface area (Å²) in [5, 5.41) is 12.5. The average Bonchev–Trinajstić information content (AvgIpc) is 3.14. The van der Waals surface area contributed by atoms with Gasteiger partial charge in [-0.3, -0.25) is 4.90 Å². The highest BCUT2D eigenvalue weighted by Crippen LogP contribution is 2.27. The maximum atomic E-state index is 10.4. The van der Waals surface area contributed by atoms with Gasteiger partial charge in [-0.15, -0.1) is 11.3 Å². The molecule has 114 valence electrons. The van der Waals surface area contributed by atoms with Crippen molar-refractivity contribution in [2.24, 2.45) is 0 Å². The van der Waals surface area contributed by atoms with Crippen LogP contribution in [0.2, 0.25) is 0 Å². The standard InChI is InChI=1S/C16H22N2O2S/c19-15(16-6-4-8-20-16)9-14-5-2-1-3-7-18(14)10-13-11-21-12-17-13/h4,6,8,11-12,14-15,19H,1-3,5,7,9-10H2/t14-,15+/m1/s1. The second-order valence-electron chi connectivity index (χ2n) is 5.72. The van der Waals surface area contributed by atoms with E-state index in [9.17, 15) is 5.11 Å². The van der Waals surface area contributed by atoms with E-state index in [2.05, 4.69) is 15.3 Å². The van der Waals surface area contributed by atoms with Gasteiger partial charge in [0.25, 0.3) is 0 Å². The van der Waals surface area contributed by atoms with E-state index in [1.165, 1.54) is 19.3 Å². The number of aliphatic hydroxyl groups excluding tert-OH is 1. The molecule has 0 saturated carbocycles. The summed E-state index contributed by atoms with van der Waals surface area (Å²) in [5.74, 6) is 0.674. The summed E-state index contributed by atoms with van der Waals surface area (Å²) in [6.07, 6.45) is 6.74. The van der Waals surface area contributed by atoms with E-state index in [4.69, 9.17) is 4.42 Å². The van der Waals surface area contributed by atoms with Crippen LogP contribution in [0.25, 0.3) is 0 Å². The second-order valence-corrected chi connectivity index (χ2v) is 6.44. The van der Waals surface area contributed by atoms with Crippen molar-refractivity contribution >= 4 is 11.3 Å². The van der Waals surface area contributed by atoms with E-state index in [1.54, 1.807) is 17.6 Å². The maximum absolute atomic E-state index is 10.4. The SMILES string of the molecule is O[C@@H](C[C@H]1CCCCCN1Cc1cscn1)c1ccco1. The number of likely N-dealkylation sites (tertiary alicyclic amines) is 1. The first-order valence-corrected chi connectivity index (χ1v) is 8.60. The first-order chi connectivity index (χ1) is 10.3. The van der Waals surface area contributed by atoms with Gasteiger partial charge in [0.05, 0.1) is 17.5 Å². The number of furan rings is 1. The molecular weight excluding hydrogens is 284 g/mol. The summed E-state index contributed by atoms with van der Waals surface area (Å²) in [5.41, 5.74) is 3.03. The molecule has 5 heteroatoms. The van der Waals surface area contributed by atoms with Crippen molar-refractivity contribution in [2.75, 3.05) is 6.54 Å². The molecule has 3 heterocycles. The van der Waals surface area contributed by atoms with Gasteiger partial charge in [0, 0.05) is 18.0 Å². The van der Waals surface area contributed by atoms with Crippen molar-refractivity contribution in [1.29, 1.82) is 0 Å². The van der Waals surface area contributed by atoms with Gasteiger partial charge in [-0.2, -0.15) is 0 Å². The molecule has 1 saturated heterocycles. The third kappa shape index (κ3) is 3.93. The lowest BCUT2D eigenvalue weighted by Gasteiger charge is -2.30. The van der Waals surface area contributed by atoms with Crippen molar-refractivity contribution in [2.45, 2.75) is 50.8 Å². The molecule has 0 bridgehead atoms. The summed E-state index contributed by atoms with van der Waals surface area (Å²) in [4.78, 5) is 6.88. The summed E-state index contributed by atoms with van der Waals surface area (Å²) in [6, 6.07) is 4.08. The highest BCUT2D eigenvalue weighted by Gasteiger charge is 2.25. The average molecular weight is 306 g/mol. The Bertz CT molecular complexity index is 512. The molecule has 2 atom stereocenters. The minimum atomic E-state index is -0.513. The quantitative estimate of drug-likeness (QED) is 0.917. The van der Waals surface area contributed by atoms with Crippen LogP contribution in [0.4, 0.5) is 0 Å². The molecule has 0 aliphatic carbocycles. The first-order valence-electron chi connectivity index (χ1n) is 7.65. The number of hydrogen-bond donors (Lipinski definition) is 1. The van der Waals surface area contributed by atoms with E-state index in [0.29, 0.717) is 11.8 Å². The van der Waals surface area contributed by atoms with Gasteiger partial charge in [0.15, 0.2) is 0 Å². The number of hydrogen-bond acceptors (Lipinski definition) is 5. The Balaban J connectivity index is 1.66. The smallest absolute Gasteiger partial charge is 0.132 e. The highest BCUT2D eigenvalue weighted by molar-refractivity contribution is 7.07. The van der Waals surface area contributed by atoms with E-state index in [1.807, 2.05) is 17.6 Å². The van der Waals surface area contributed by atoms with Gasteiger partial charge in [-0.05, 0) is 37.9 Å². The van der Waals surface area contributed by atoms with Crippen molar-refractivity contribution in [3.8, 4) is 0 Å². The Morgan fingerprint density at radius 2 is 2.38 bits per heavy atom. The Kier molecular flexibility index (Phi) is 5.06. The molecule has 1 N–H and O–H groups in total. The molecule has 0 aromatic carbocycles. The number of rotatable bonds is 5. The Morgan fingerprint density at radius 1 is 1.43 bits per heavy atom. The largest absolute Gasteiger partial charge is 0.467 e. The minimum Gasteiger partial charge on any atom is -0.467 e. The van der Waals surface area contributed by atoms with Gasteiger partial charge in [-0.25, -0.2) is 4.98 Å². The number of aromatic nitrogens is 1. The van der Waals surface area contributed by atoms with Gasteiger partial charge < -0.3 is 9.52 Å². The van der Waals surface area contributed by atoms with Crippen LogP contribution >= 0.6 is 11.3 Å². The summed E-state index contributed by atoms with van der Waals surface area (Å²) >= 11 is 1.64. The van der Waals surface area contributed by atoms with Crippen molar-refractivity contribution in [3.63, 3.8) is 0 Å². The fourth-order valence-corrected chi connectivity index (χ4v) is 3.64. The third-order valence-corrected chi connectivity index (χ3v) is 4.85. The molecule has 2 aromatic heterocycles. The fourth-order valence-electron chi connectivity index (χ4n) is 3.09. The topological polar surface area (TPSA) is 49.5 Å². The lowest BCUT2D eigenvalue weighted by atomic mass is 10.0. The van der Waals surface area contributed by atoms with Crippen molar-refractivity contribution in [3.05, 3.63) is 40.7 Å². The van der Waals surface area contributed by atoms with Crippen molar-refractivity contribution in [1.82, 2.24) is 9.88 Å². The lowest BCUT2D eigenvalue weighted by molar-refractivity contribution is 0.0826. The van der Waals surface area contributed by atoms with Gasteiger partial charge in [-0.1, -0.05) is 12.8 Å². The van der Waals surface area contributed by atoms with E-state index < -0.39 is 6.10 Å². The van der Waals surface area contributed by atoms with Crippen molar-refractivity contribution < 1.29 is 9.52 Å². The highest BCUT2D eigenvalue weighted by atomic mass is 32.1. The second kappa shape index (κ2) is 7.20. The zero-order valence-corrected chi connectivity index (χ0v) is 13.0. The zero-order valence-electron chi connectivity index (χ0n) is 12.1. The molecule has 21 heavy (non-hydrogen) atoms. The van der Waals surface area contributed by atoms with E-state index >= 15 is 0 Å². The van der Waals surface area contributed by atoms with Crippen LogP contribution in [0.5, 0.6) is 0 Å². The Labute approximate surface area is 129 Å². The van der Waals surface area contributed by atoms with Crippen LogP contribution in [-0.4, -0.2) is 27.6 Å². The molecule has 0 radical (unpaired) electrons. The Hall–Kier alpha value is -1.17. The zero-order chi connectivity index (χ0) is 14.5. The molecule has 0 spiro atoms. The van der Waals surface area contributed by atoms with Gasteiger partial charge in [0.1, 0.15) is 11.9 Å². The fraction of sp³-hybridized carbons (Fsp3) is 0.562. The van der Waals surface area contributed by atoms with Crippen LogP contribution in [0.1, 0.15) is 49.7 Å². The van der Waals surface area contributed by atoms with Gasteiger partial charge in [0.2, 0.25) is 0 Å². The molecule has 0 amide bonds. The number of aliphatic hydroxyl groups is 1. The normalized spacial score (nSPS) is 22.0. The molecule has 2 aromatic rings. The van der Waals surface area contributed by atoms with Gasteiger partial charge >= 0.3 is 0 Å². The maximum Gasteiger partial charge on any atom is 0.132 e. The Morgan fingerprint density at radius 3 is 3.14 bits per heavy atom. The molecule has 0 unspecified atom stereocenters. The first kappa shape index (κ1) is 14.8. The van der Waals surface area contributed by atoms with E-state index in [0.717, 1.165) is 31.6 Å². The predicted octanol–water partition coefficient (Wildman–Crippen LogP) is 3.60. The third-order valence-electron chi connectivity index (χ3n) is 4.21. The lowest BCUT2D eigenvalue weighted by Crippen LogP contribution is -2.35. The molecular formula is C16H22N2O2S. The van der Waals surface area contributed by atoms with E-state index in [-0.39, 0.29) is 0 Å². The number of thiazole rings is 1. The summed E-state index contributed by atoms with van der Waals surface area (Å²) in [7, 11) is 0. The van der Waals surface area contributed by atoms with Crippen LogP contribution < -0.4 is 0 Å². The number of nitrogens with zero attached hydrogens (tertiary/aromatic N) is 2. The molecule has 1 fully saturated rings. The predicted molar refractivity (Wildman–Crippen MR) is 83.1 cm³/mol. The van der Waals surface area contributed by atoms with Crippen LogP contribution in [0, 0.1) is 0 Å².